The predicted octanol–water partition coefficient (Wildman–Crippen LogP) is 11.9. The second kappa shape index (κ2) is 28.6. The molecule has 0 radical (unpaired) electrons. The Balaban J connectivity index is -0.000000263. The molecule has 4 N–H and O–H groups in total. The molecule has 0 aliphatic carbocycles. The van der Waals surface area contributed by atoms with E-state index in [0.717, 1.165) is 0 Å². The zero-order chi connectivity index (χ0) is 56.5. The van der Waals surface area contributed by atoms with E-state index < -0.39 is 136 Å². The van der Waals surface area contributed by atoms with Crippen LogP contribution < -0.4 is 0 Å². The quantitative estimate of drug-likeness (QED) is 0.0667. The Hall–Kier alpha value is 3.54. The smallest absolute Gasteiger partial charge is 0.395 e. The van der Waals surface area contributed by atoms with E-state index in [1.165, 1.54) is 0 Å². The Labute approximate surface area is 458 Å². The van der Waals surface area contributed by atoms with Crippen molar-refractivity contribution in [1.82, 2.24) is 0 Å². The van der Waals surface area contributed by atoms with E-state index in [2.05, 4.69) is 0 Å². The number of rotatable bonds is 24. The maximum Gasteiger partial charge on any atom is 0.644 e. The fourth-order valence-electron chi connectivity index (χ4n) is 4.89. The third kappa shape index (κ3) is 60.6. The molecule has 420 valence electrons. The van der Waals surface area contributed by atoms with Crippen molar-refractivity contribution in [3.05, 3.63) is 0 Å². The molecule has 0 amide bonds. The van der Waals surface area contributed by atoms with Gasteiger partial charge in [-0.2, -0.15) is 0 Å². The van der Waals surface area contributed by atoms with Gasteiger partial charge in [-0.3, -0.25) is 0 Å². The summed E-state index contributed by atoms with van der Waals surface area (Å²) in [6.07, 6.45) is 0. The van der Waals surface area contributed by atoms with Crippen molar-refractivity contribution < 1.29 is 90.3 Å². The van der Waals surface area contributed by atoms with Gasteiger partial charge < -0.3 is 68.6 Å². The van der Waals surface area contributed by atoms with Crippen molar-refractivity contribution in [2.75, 3.05) is 0 Å². The van der Waals surface area contributed by atoms with E-state index in [1.54, 1.807) is 0 Å². The van der Waals surface area contributed by atoms with Crippen LogP contribution in [0.15, 0.2) is 0 Å². The molecule has 0 bridgehead atoms. The minimum atomic E-state index is -3.47. The second-order valence-corrected chi connectivity index (χ2v) is 93.4. The van der Waals surface area contributed by atoms with Gasteiger partial charge in [-0.05, 0) is 236 Å². The molecule has 69 heavy (non-hydrogen) atoms. The Bertz CT molecular complexity index is 1070. The summed E-state index contributed by atoms with van der Waals surface area (Å²) < 4.78 is 70.0. The zero-order valence-corrected chi connectivity index (χ0v) is 68.7. The van der Waals surface area contributed by atoms with Crippen molar-refractivity contribution in [3.8, 4) is 0 Å². The molecule has 0 aliphatic rings. The van der Waals surface area contributed by atoms with Crippen LogP contribution in [0, 0.1) is 0 Å². The summed E-state index contributed by atoms with van der Waals surface area (Å²) in [5, 5.41) is 0. The van der Waals surface area contributed by atoms with Gasteiger partial charge in [0.25, 0.3) is 0 Å². The molecule has 0 aliphatic heterocycles. The van der Waals surface area contributed by atoms with Crippen LogP contribution in [0.1, 0.15) is 0 Å². The van der Waals surface area contributed by atoms with Crippen LogP contribution >= 0.6 is 0 Å². The summed E-state index contributed by atoms with van der Waals surface area (Å²) in [5.74, 6) is 0. The molecule has 0 spiro atoms. The first kappa shape index (κ1) is 81.4. The van der Waals surface area contributed by atoms with Crippen molar-refractivity contribution in [3.63, 3.8) is 0 Å². The summed E-state index contributed by atoms with van der Waals surface area (Å²) in [6.45, 7) is 73.2. The van der Waals surface area contributed by atoms with Crippen LogP contribution in [0.5, 0.6) is 0 Å². The minimum absolute atomic E-state index is 0. The third-order valence-corrected chi connectivity index (χ3v) is 47.0. The van der Waals surface area contributed by atoms with Gasteiger partial charge in [-0.15, -0.1) is 0 Å². The molecule has 0 saturated carbocycles. The molecular weight excluding hydrogens is 1190 g/mol. The van der Waals surface area contributed by atoms with E-state index in [0.29, 0.717) is 0 Å². The molecule has 16 nitrogen and oxygen atoms in total. The average Bonchev–Trinajstić information content (AvgIpc) is 2.73. The summed E-state index contributed by atoms with van der Waals surface area (Å²) in [4.78, 5) is 42.4. The Morgan fingerprint density at radius 3 is 0.217 bits per heavy atom. The van der Waals surface area contributed by atoms with Crippen molar-refractivity contribution in [1.29, 1.82) is 0 Å². The van der Waals surface area contributed by atoms with E-state index in [9.17, 15) is 19.2 Å². The van der Waals surface area contributed by atoms with Crippen LogP contribution in [0.3, 0.4) is 0 Å². The third-order valence-electron chi connectivity index (χ3n) is 5.22. The molecule has 0 unspecified atom stereocenters. The Morgan fingerprint density at radius 1 is 0.145 bits per heavy atom. The number of hydrogen-bond acceptors (Lipinski definition) is 16. The fraction of sp³-hybridized carbons (Fsp3) is 1.00. The molecule has 0 aromatic heterocycles. The minimum Gasteiger partial charge on any atom is -0.395 e. The molecule has 0 heterocycles. The van der Waals surface area contributed by atoms with Gasteiger partial charge in [0.2, 0.25) is 0 Å². The maximum atomic E-state index is 10.6. The van der Waals surface area contributed by atoms with Gasteiger partial charge in [0.1, 0.15) is 0 Å². The van der Waals surface area contributed by atoms with Crippen molar-refractivity contribution >= 4 is 136 Å². The Kier molecular flexibility index (Phi) is 33.8. The van der Waals surface area contributed by atoms with Gasteiger partial charge >= 0.3 is 36.2 Å². The topological polar surface area (TPSA) is 192 Å². The van der Waals surface area contributed by atoms with Gasteiger partial charge in [-0.25, -0.2) is 0 Å². The second-order valence-electron chi connectivity index (χ2n) is 28.7. The SMILES string of the molecule is C[Si](C)(C)O[Si](O)(O[Si](C)(C)C)O[Si](C)(C)C.C[Si](C)(C)O[Si](O)(O[Si](C)(C)C)O[Si](C)(C)C.C[Si](C)(C)O[Si](O)(O[Si](C)(C)C)O[Si](C)(C)C.C[Si](C)(C)O[Si](O)(O[Si](C)(C)C)O[Si](C)(C)C.[Ti]. The van der Waals surface area contributed by atoms with E-state index in [-0.39, 0.29) is 21.7 Å². The average molecular weight is 1300 g/mol. The largest absolute Gasteiger partial charge is 0.644 e. The molecule has 0 rings (SSSR count). The van der Waals surface area contributed by atoms with Gasteiger partial charge in [0.15, 0.2) is 99.8 Å². The molecule has 0 fully saturated rings. The van der Waals surface area contributed by atoms with Crippen LogP contribution in [0.2, 0.25) is 236 Å². The predicted molar refractivity (Wildman–Crippen MR) is 325 cm³/mol. The van der Waals surface area contributed by atoms with Crippen LogP contribution in [0.25, 0.3) is 0 Å². The van der Waals surface area contributed by atoms with E-state index in [4.69, 9.17) is 49.4 Å². The van der Waals surface area contributed by atoms with Gasteiger partial charge in [-0.1, -0.05) is 0 Å². The molecule has 0 saturated heterocycles. The standard InChI is InChI=1S/4C9H28O4Si4.Ti/c4*1-14(2,3)11-17(10,12-15(4,5)6)13-16(7,8)9;/h4*10H,1-9H3;. The number of hydrogen-bond donors (Lipinski definition) is 4. The van der Waals surface area contributed by atoms with E-state index in [1.807, 2.05) is 236 Å². The molecule has 0 aromatic rings. The van der Waals surface area contributed by atoms with Gasteiger partial charge in [0, 0.05) is 21.7 Å². The first-order valence-electron chi connectivity index (χ1n) is 23.8. The molecule has 0 aromatic carbocycles. The van der Waals surface area contributed by atoms with Crippen molar-refractivity contribution in [2.45, 2.75) is 236 Å². The Morgan fingerprint density at radius 2 is 0.188 bits per heavy atom. The van der Waals surface area contributed by atoms with Crippen molar-refractivity contribution in [2.24, 2.45) is 0 Å². The molecule has 0 atom stereocenters. The zero-order valence-electron chi connectivity index (χ0n) is 51.2. The summed E-state index contributed by atoms with van der Waals surface area (Å²) in [7, 11) is -36.5. The molecule has 33 heteroatoms. The first-order valence-corrected chi connectivity index (χ1v) is 71.4. The summed E-state index contributed by atoms with van der Waals surface area (Å²) >= 11 is 0. The van der Waals surface area contributed by atoms with Gasteiger partial charge in [0.05, 0.1) is 0 Å². The van der Waals surface area contributed by atoms with E-state index >= 15 is 0 Å². The maximum absolute atomic E-state index is 10.6. The van der Waals surface area contributed by atoms with Crippen LogP contribution in [0.4, 0.5) is 0 Å². The van der Waals surface area contributed by atoms with Crippen LogP contribution in [-0.2, 0) is 71.1 Å². The normalized spacial score (nSPS) is 15.0. The summed E-state index contributed by atoms with van der Waals surface area (Å²) in [5.41, 5.74) is 0. The summed E-state index contributed by atoms with van der Waals surface area (Å²) in [6, 6.07) is 0. The first-order chi connectivity index (χ1) is 28.5. The monoisotopic (exact) mass is 1300 g/mol. The molecular formula is C36H112O16Si16Ti. The fourth-order valence-corrected chi connectivity index (χ4v) is 48.5. The van der Waals surface area contributed by atoms with Crippen LogP contribution in [-0.4, -0.2) is 155 Å².